The molecule has 0 bridgehead atoms. The molecule has 0 aliphatic rings. The predicted molar refractivity (Wildman–Crippen MR) is 80.9 cm³/mol. The number of aromatic nitrogens is 2. The number of anilines is 1. The fraction of sp³-hybridized carbons (Fsp3) is 0.125. The van der Waals surface area contributed by atoms with Crippen LogP contribution in [0.1, 0.15) is 11.4 Å². The van der Waals surface area contributed by atoms with Crippen LogP contribution in [0, 0.1) is 6.92 Å². The SMILES string of the molecule is Cc1nc(NCc2cccc3ccccc23)cc(=O)[nH]1. The van der Waals surface area contributed by atoms with Gasteiger partial charge in [0, 0.05) is 12.6 Å². The molecule has 0 aliphatic heterocycles. The van der Waals surface area contributed by atoms with Crippen molar-refractivity contribution in [2.24, 2.45) is 0 Å². The third-order valence-electron chi connectivity index (χ3n) is 3.20. The Hall–Kier alpha value is -2.62. The Balaban J connectivity index is 1.88. The number of H-pyrrole nitrogens is 1. The van der Waals surface area contributed by atoms with E-state index in [1.165, 1.54) is 22.4 Å². The number of hydrogen-bond acceptors (Lipinski definition) is 3. The first-order chi connectivity index (χ1) is 9.72. The van der Waals surface area contributed by atoms with E-state index in [1.807, 2.05) is 18.2 Å². The van der Waals surface area contributed by atoms with Gasteiger partial charge in [0.2, 0.25) is 0 Å². The van der Waals surface area contributed by atoms with Crippen LogP contribution >= 0.6 is 0 Å². The van der Waals surface area contributed by atoms with Gasteiger partial charge in [-0.1, -0.05) is 42.5 Å². The summed E-state index contributed by atoms with van der Waals surface area (Å²) in [6.45, 7) is 2.40. The number of nitrogens with one attached hydrogen (secondary N) is 2. The highest BCUT2D eigenvalue weighted by Crippen LogP contribution is 2.19. The smallest absolute Gasteiger partial charge is 0.252 e. The highest BCUT2D eigenvalue weighted by atomic mass is 16.1. The molecule has 2 N–H and O–H groups in total. The molecule has 0 saturated carbocycles. The molecule has 0 amide bonds. The lowest BCUT2D eigenvalue weighted by Crippen LogP contribution is -2.11. The maximum absolute atomic E-state index is 11.4. The number of benzene rings is 2. The van der Waals surface area contributed by atoms with E-state index < -0.39 is 0 Å². The molecule has 1 aromatic heterocycles. The van der Waals surface area contributed by atoms with Gasteiger partial charge in [-0.3, -0.25) is 4.79 Å². The van der Waals surface area contributed by atoms with Gasteiger partial charge in [0.1, 0.15) is 11.6 Å². The number of nitrogens with zero attached hydrogens (tertiary/aromatic N) is 1. The lowest BCUT2D eigenvalue weighted by atomic mass is 10.0. The number of fused-ring (bicyclic) bond motifs is 1. The van der Waals surface area contributed by atoms with Gasteiger partial charge in [-0.25, -0.2) is 4.98 Å². The molecule has 4 nitrogen and oxygen atoms in total. The summed E-state index contributed by atoms with van der Waals surface area (Å²) in [6, 6.07) is 15.9. The first-order valence-electron chi connectivity index (χ1n) is 6.51. The second kappa shape index (κ2) is 5.17. The zero-order chi connectivity index (χ0) is 13.9. The highest BCUT2D eigenvalue weighted by molar-refractivity contribution is 5.85. The van der Waals surface area contributed by atoms with Crippen LogP contribution in [-0.4, -0.2) is 9.97 Å². The van der Waals surface area contributed by atoms with Crippen molar-refractivity contribution in [2.45, 2.75) is 13.5 Å². The van der Waals surface area contributed by atoms with Crippen molar-refractivity contribution in [2.75, 3.05) is 5.32 Å². The topological polar surface area (TPSA) is 57.8 Å². The van der Waals surface area contributed by atoms with Gasteiger partial charge in [0.25, 0.3) is 5.56 Å². The van der Waals surface area contributed by atoms with Crippen LogP contribution in [0.4, 0.5) is 5.82 Å². The van der Waals surface area contributed by atoms with Crippen molar-refractivity contribution < 1.29 is 0 Å². The molecular formula is C16H15N3O. The second-order valence-electron chi connectivity index (χ2n) is 4.71. The minimum Gasteiger partial charge on any atom is -0.366 e. The third kappa shape index (κ3) is 2.54. The largest absolute Gasteiger partial charge is 0.366 e. The van der Waals surface area contributed by atoms with E-state index in [0.717, 1.165) is 0 Å². The molecule has 0 saturated heterocycles. The minimum atomic E-state index is -0.141. The van der Waals surface area contributed by atoms with Crippen molar-refractivity contribution in [1.82, 2.24) is 9.97 Å². The molecule has 0 fully saturated rings. The Labute approximate surface area is 116 Å². The molecule has 2 aromatic carbocycles. The minimum absolute atomic E-state index is 0.141. The van der Waals surface area contributed by atoms with Crippen LogP contribution in [0.2, 0.25) is 0 Å². The maximum Gasteiger partial charge on any atom is 0.252 e. The molecular weight excluding hydrogens is 250 g/mol. The Morgan fingerprint density at radius 1 is 1.15 bits per heavy atom. The summed E-state index contributed by atoms with van der Waals surface area (Å²) in [6.07, 6.45) is 0. The van der Waals surface area contributed by atoms with Crippen molar-refractivity contribution in [1.29, 1.82) is 0 Å². The fourth-order valence-electron chi connectivity index (χ4n) is 2.30. The van der Waals surface area contributed by atoms with E-state index in [1.54, 1.807) is 6.92 Å². The molecule has 3 aromatic rings. The average Bonchev–Trinajstić information content (AvgIpc) is 2.44. The van der Waals surface area contributed by atoms with E-state index in [9.17, 15) is 4.79 Å². The van der Waals surface area contributed by atoms with Crippen molar-refractivity contribution >= 4 is 16.6 Å². The number of rotatable bonds is 3. The maximum atomic E-state index is 11.4. The zero-order valence-corrected chi connectivity index (χ0v) is 11.2. The summed E-state index contributed by atoms with van der Waals surface area (Å²) >= 11 is 0. The quantitative estimate of drug-likeness (QED) is 0.765. The van der Waals surface area contributed by atoms with Crippen LogP contribution in [0.15, 0.2) is 53.3 Å². The van der Waals surface area contributed by atoms with Gasteiger partial charge >= 0.3 is 0 Å². The van der Waals surface area contributed by atoms with Crippen molar-refractivity contribution in [3.63, 3.8) is 0 Å². The van der Waals surface area contributed by atoms with Crippen LogP contribution < -0.4 is 10.9 Å². The molecule has 3 rings (SSSR count). The first kappa shape index (κ1) is 12.4. The normalized spacial score (nSPS) is 10.7. The first-order valence-corrected chi connectivity index (χ1v) is 6.51. The monoisotopic (exact) mass is 265 g/mol. The highest BCUT2D eigenvalue weighted by Gasteiger charge is 2.02. The van der Waals surface area contributed by atoms with E-state index in [4.69, 9.17) is 0 Å². The summed E-state index contributed by atoms with van der Waals surface area (Å²) in [5.74, 6) is 1.21. The zero-order valence-electron chi connectivity index (χ0n) is 11.2. The van der Waals surface area contributed by atoms with Gasteiger partial charge in [-0.05, 0) is 23.3 Å². The Morgan fingerprint density at radius 3 is 2.80 bits per heavy atom. The Morgan fingerprint density at radius 2 is 1.95 bits per heavy atom. The van der Waals surface area contributed by atoms with Gasteiger partial charge < -0.3 is 10.3 Å². The molecule has 4 heteroatoms. The van der Waals surface area contributed by atoms with Crippen molar-refractivity contribution in [3.05, 3.63) is 70.3 Å². The standard InChI is InChI=1S/C16H15N3O/c1-11-18-15(9-16(20)19-11)17-10-13-7-4-6-12-5-2-3-8-14(12)13/h2-9H,10H2,1H3,(H2,17,18,19,20). The molecule has 100 valence electrons. The van der Waals surface area contributed by atoms with Crippen LogP contribution in [-0.2, 0) is 6.54 Å². The Kier molecular flexibility index (Phi) is 3.21. The van der Waals surface area contributed by atoms with Crippen LogP contribution in [0.3, 0.4) is 0 Å². The lowest BCUT2D eigenvalue weighted by Gasteiger charge is -2.09. The molecule has 0 atom stereocenters. The van der Waals surface area contributed by atoms with Crippen molar-refractivity contribution in [3.8, 4) is 0 Å². The summed E-state index contributed by atoms with van der Waals surface area (Å²) in [7, 11) is 0. The van der Waals surface area contributed by atoms with E-state index in [-0.39, 0.29) is 5.56 Å². The van der Waals surface area contributed by atoms with Gasteiger partial charge in [0.05, 0.1) is 0 Å². The molecule has 0 unspecified atom stereocenters. The van der Waals surface area contributed by atoms with Crippen LogP contribution in [0.25, 0.3) is 10.8 Å². The summed E-state index contributed by atoms with van der Waals surface area (Å²) in [5, 5.41) is 5.63. The summed E-state index contributed by atoms with van der Waals surface area (Å²) in [5.41, 5.74) is 1.04. The van der Waals surface area contributed by atoms with Gasteiger partial charge in [-0.15, -0.1) is 0 Å². The van der Waals surface area contributed by atoms with Gasteiger partial charge in [-0.2, -0.15) is 0 Å². The number of hydrogen-bond donors (Lipinski definition) is 2. The lowest BCUT2D eigenvalue weighted by molar-refractivity contribution is 0.999. The molecule has 0 radical (unpaired) electrons. The predicted octanol–water partition coefficient (Wildman–Crippen LogP) is 2.84. The Bertz CT molecular complexity index is 803. The average molecular weight is 265 g/mol. The van der Waals surface area contributed by atoms with E-state index in [2.05, 4.69) is 39.6 Å². The van der Waals surface area contributed by atoms with E-state index in [0.29, 0.717) is 18.2 Å². The summed E-state index contributed by atoms with van der Waals surface area (Å²) in [4.78, 5) is 18.3. The molecule has 0 aliphatic carbocycles. The fourth-order valence-corrected chi connectivity index (χ4v) is 2.30. The number of aromatic amines is 1. The molecule has 1 heterocycles. The third-order valence-corrected chi connectivity index (χ3v) is 3.20. The van der Waals surface area contributed by atoms with Crippen LogP contribution in [0.5, 0.6) is 0 Å². The molecule has 20 heavy (non-hydrogen) atoms. The second-order valence-corrected chi connectivity index (χ2v) is 4.71. The summed E-state index contributed by atoms with van der Waals surface area (Å²) < 4.78 is 0. The number of aryl methyl sites for hydroxylation is 1. The molecule has 0 spiro atoms. The van der Waals surface area contributed by atoms with Gasteiger partial charge in [0.15, 0.2) is 0 Å². The van der Waals surface area contributed by atoms with E-state index >= 15 is 0 Å².